The maximum Gasteiger partial charge on any atom is 0.165 e. The number of nitrogens with one attached hydrogen (secondary N) is 1. The van der Waals surface area contributed by atoms with E-state index < -0.39 is 0 Å². The van der Waals surface area contributed by atoms with Gasteiger partial charge < -0.3 is 14.8 Å². The number of rotatable bonds is 9. The number of hydrogen-bond acceptors (Lipinski definition) is 3. The van der Waals surface area contributed by atoms with Gasteiger partial charge in [0.15, 0.2) is 11.5 Å². The first-order valence-corrected chi connectivity index (χ1v) is 8.43. The van der Waals surface area contributed by atoms with Crippen molar-refractivity contribution in [2.45, 2.75) is 52.5 Å². The maximum absolute atomic E-state index is 6.17. The molecule has 0 heterocycles. The average molecular weight is 291 g/mol. The molecule has 1 aliphatic rings. The smallest absolute Gasteiger partial charge is 0.165 e. The molecular formula is C18H29NO2. The van der Waals surface area contributed by atoms with Crippen molar-refractivity contribution in [3.8, 4) is 11.5 Å². The molecule has 21 heavy (non-hydrogen) atoms. The molecule has 0 unspecified atom stereocenters. The van der Waals surface area contributed by atoms with E-state index in [1.165, 1.54) is 31.2 Å². The minimum Gasteiger partial charge on any atom is -0.490 e. The van der Waals surface area contributed by atoms with Gasteiger partial charge >= 0.3 is 0 Å². The summed E-state index contributed by atoms with van der Waals surface area (Å²) in [6.45, 7) is 7.57. The molecule has 3 nitrogen and oxygen atoms in total. The third-order valence-corrected chi connectivity index (χ3v) is 4.04. The SMILES string of the molecule is CCCNCc1cccc(OCC)c1OCC1CCCC1. The highest BCUT2D eigenvalue weighted by molar-refractivity contribution is 5.46. The number of para-hydroxylation sites is 1. The van der Waals surface area contributed by atoms with Crippen molar-refractivity contribution in [2.75, 3.05) is 19.8 Å². The topological polar surface area (TPSA) is 30.5 Å². The Morgan fingerprint density at radius 2 is 1.95 bits per heavy atom. The molecule has 2 rings (SSSR count). The van der Waals surface area contributed by atoms with E-state index in [2.05, 4.69) is 24.4 Å². The molecular weight excluding hydrogens is 262 g/mol. The minimum absolute atomic E-state index is 0.672. The van der Waals surface area contributed by atoms with E-state index in [4.69, 9.17) is 9.47 Å². The second kappa shape index (κ2) is 8.93. The van der Waals surface area contributed by atoms with Crippen LogP contribution < -0.4 is 14.8 Å². The molecule has 1 aliphatic carbocycles. The summed E-state index contributed by atoms with van der Waals surface area (Å²) in [6.07, 6.45) is 6.46. The van der Waals surface area contributed by atoms with Crippen LogP contribution in [-0.2, 0) is 6.54 Å². The standard InChI is InChI=1S/C18H29NO2/c1-3-12-19-13-16-10-7-11-17(20-4-2)18(16)21-14-15-8-5-6-9-15/h7,10-11,15,19H,3-6,8-9,12-14H2,1-2H3. The largest absolute Gasteiger partial charge is 0.490 e. The van der Waals surface area contributed by atoms with Gasteiger partial charge in [0.25, 0.3) is 0 Å². The van der Waals surface area contributed by atoms with Crippen molar-refractivity contribution in [1.29, 1.82) is 0 Å². The van der Waals surface area contributed by atoms with Crippen molar-refractivity contribution in [3.63, 3.8) is 0 Å². The maximum atomic E-state index is 6.17. The van der Waals surface area contributed by atoms with E-state index in [-0.39, 0.29) is 0 Å². The highest BCUT2D eigenvalue weighted by Gasteiger charge is 2.18. The van der Waals surface area contributed by atoms with Crippen molar-refractivity contribution in [1.82, 2.24) is 5.32 Å². The quantitative estimate of drug-likeness (QED) is 0.693. The van der Waals surface area contributed by atoms with Crippen LogP contribution in [0.4, 0.5) is 0 Å². The monoisotopic (exact) mass is 291 g/mol. The van der Waals surface area contributed by atoms with E-state index in [0.29, 0.717) is 6.61 Å². The molecule has 1 fully saturated rings. The summed E-state index contributed by atoms with van der Waals surface area (Å²) in [4.78, 5) is 0. The first kappa shape index (κ1) is 16.2. The highest BCUT2D eigenvalue weighted by atomic mass is 16.5. The summed E-state index contributed by atoms with van der Waals surface area (Å²) in [6, 6.07) is 6.20. The highest BCUT2D eigenvalue weighted by Crippen LogP contribution is 2.33. The van der Waals surface area contributed by atoms with Gasteiger partial charge in [-0.2, -0.15) is 0 Å². The Kier molecular flexibility index (Phi) is 6.87. The molecule has 0 radical (unpaired) electrons. The summed E-state index contributed by atoms with van der Waals surface area (Å²) < 4.78 is 11.9. The summed E-state index contributed by atoms with van der Waals surface area (Å²) in [5.74, 6) is 2.54. The lowest BCUT2D eigenvalue weighted by Crippen LogP contribution is -2.16. The third kappa shape index (κ3) is 4.92. The Balaban J connectivity index is 2.04. The molecule has 3 heteroatoms. The predicted octanol–water partition coefficient (Wildman–Crippen LogP) is 4.15. The second-order valence-corrected chi connectivity index (χ2v) is 5.82. The van der Waals surface area contributed by atoms with Crippen LogP contribution in [0.5, 0.6) is 11.5 Å². The Labute approximate surface area is 129 Å². The van der Waals surface area contributed by atoms with Gasteiger partial charge in [-0.3, -0.25) is 0 Å². The summed E-state index contributed by atoms with van der Waals surface area (Å²) in [5, 5.41) is 3.45. The fourth-order valence-corrected chi connectivity index (χ4v) is 2.91. The van der Waals surface area contributed by atoms with Gasteiger partial charge in [0.1, 0.15) is 0 Å². The van der Waals surface area contributed by atoms with E-state index >= 15 is 0 Å². The van der Waals surface area contributed by atoms with Crippen LogP contribution in [0.3, 0.4) is 0 Å². The molecule has 0 bridgehead atoms. The molecule has 1 aromatic rings. The Hall–Kier alpha value is -1.22. The van der Waals surface area contributed by atoms with Gasteiger partial charge in [-0.15, -0.1) is 0 Å². The van der Waals surface area contributed by atoms with Crippen LogP contribution in [0, 0.1) is 5.92 Å². The zero-order valence-electron chi connectivity index (χ0n) is 13.5. The fourth-order valence-electron chi connectivity index (χ4n) is 2.91. The van der Waals surface area contributed by atoms with Gasteiger partial charge in [0.05, 0.1) is 13.2 Å². The Morgan fingerprint density at radius 3 is 2.67 bits per heavy atom. The zero-order chi connectivity index (χ0) is 14.9. The van der Waals surface area contributed by atoms with Crippen LogP contribution >= 0.6 is 0 Å². The predicted molar refractivity (Wildman–Crippen MR) is 87.1 cm³/mol. The van der Waals surface area contributed by atoms with Crippen molar-refractivity contribution in [2.24, 2.45) is 5.92 Å². The third-order valence-electron chi connectivity index (χ3n) is 4.04. The molecule has 1 N–H and O–H groups in total. The van der Waals surface area contributed by atoms with Gasteiger partial charge in [-0.25, -0.2) is 0 Å². The van der Waals surface area contributed by atoms with Crippen LogP contribution in [0.25, 0.3) is 0 Å². The van der Waals surface area contributed by atoms with Crippen molar-refractivity contribution in [3.05, 3.63) is 23.8 Å². The molecule has 0 aromatic heterocycles. The summed E-state index contributed by atoms with van der Waals surface area (Å²) >= 11 is 0. The van der Waals surface area contributed by atoms with Gasteiger partial charge in [0, 0.05) is 12.1 Å². The minimum atomic E-state index is 0.672. The second-order valence-electron chi connectivity index (χ2n) is 5.82. The summed E-state index contributed by atoms with van der Waals surface area (Å²) in [7, 11) is 0. The van der Waals surface area contributed by atoms with E-state index in [1.807, 2.05) is 13.0 Å². The molecule has 0 aliphatic heterocycles. The Bertz CT molecular complexity index is 414. The lowest BCUT2D eigenvalue weighted by molar-refractivity contribution is 0.231. The first-order chi connectivity index (χ1) is 10.3. The molecule has 0 amide bonds. The summed E-state index contributed by atoms with van der Waals surface area (Å²) in [5.41, 5.74) is 1.20. The number of hydrogen-bond donors (Lipinski definition) is 1. The van der Waals surface area contributed by atoms with Gasteiger partial charge in [-0.1, -0.05) is 31.9 Å². The fraction of sp³-hybridized carbons (Fsp3) is 0.667. The van der Waals surface area contributed by atoms with Crippen LogP contribution in [0.2, 0.25) is 0 Å². The molecule has 0 saturated heterocycles. The van der Waals surface area contributed by atoms with Crippen LogP contribution in [0.15, 0.2) is 18.2 Å². The first-order valence-electron chi connectivity index (χ1n) is 8.43. The van der Waals surface area contributed by atoms with Gasteiger partial charge in [0.2, 0.25) is 0 Å². The van der Waals surface area contributed by atoms with Crippen LogP contribution in [-0.4, -0.2) is 19.8 Å². The molecule has 1 aromatic carbocycles. The molecule has 1 saturated carbocycles. The molecule has 118 valence electrons. The van der Waals surface area contributed by atoms with E-state index in [0.717, 1.165) is 43.5 Å². The molecule has 0 atom stereocenters. The number of benzene rings is 1. The lowest BCUT2D eigenvalue weighted by Gasteiger charge is -2.18. The lowest BCUT2D eigenvalue weighted by atomic mass is 10.1. The van der Waals surface area contributed by atoms with Crippen LogP contribution in [0.1, 0.15) is 51.5 Å². The molecule has 0 spiro atoms. The van der Waals surface area contributed by atoms with Crippen molar-refractivity contribution < 1.29 is 9.47 Å². The average Bonchev–Trinajstić information content (AvgIpc) is 3.00. The van der Waals surface area contributed by atoms with E-state index in [9.17, 15) is 0 Å². The van der Waals surface area contributed by atoms with Gasteiger partial charge in [-0.05, 0) is 44.7 Å². The van der Waals surface area contributed by atoms with E-state index in [1.54, 1.807) is 0 Å². The normalized spacial score (nSPS) is 15.3. The Morgan fingerprint density at radius 1 is 1.14 bits per heavy atom. The number of ether oxygens (including phenoxy) is 2. The van der Waals surface area contributed by atoms with Crippen molar-refractivity contribution >= 4 is 0 Å². The zero-order valence-corrected chi connectivity index (χ0v) is 13.5.